The summed E-state index contributed by atoms with van der Waals surface area (Å²) < 4.78 is 23.3. The third-order valence-corrected chi connectivity index (χ3v) is 5.71. The molecular weight excluding hydrogens is 356 g/mol. The first kappa shape index (κ1) is 16.5. The van der Waals surface area contributed by atoms with Crippen molar-refractivity contribution in [1.82, 2.24) is 5.32 Å². The summed E-state index contributed by atoms with van der Waals surface area (Å²) in [6.45, 7) is 4.36. The number of nitrogens with two attached hydrogens (primary N) is 1. The lowest BCUT2D eigenvalue weighted by Crippen LogP contribution is -2.33. The molecule has 1 unspecified atom stereocenters. The number of benzene rings is 1. The number of amides is 1. The molecule has 2 rings (SSSR count). The Morgan fingerprint density at radius 3 is 2.62 bits per heavy atom. The summed E-state index contributed by atoms with van der Waals surface area (Å²) >= 11 is 3.13. The van der Waals surface area contributed by atoms with Crippen molar-refractivity contribution in [1.29, 1.82) is 0 Å². The Morgan fingerprint density at radius 1 is 1.43 bits per heavy atom. The standard InChI is InChI=1S/C14H19BrN2O3S/c1-14(2)6-5-10(8-14)17-13(18)9-3-4-11(15)12(7-9)21(16,19)20/h3-4,7,10H,5-6,8H2,1-2H3,(H,17,18)(H2,16,19,20). The largest absolute Gasteiger partial charge is 0.349 e. The number of carbonyl (C=O) groups is 1. The lowest BCUT2D eigenvalue weighted by atomic mass is 9.92. The maximum absolute atomic E-state index is 12.2. The van der Waals surface area contributed by atoms with Crippen LogP contribution in [0.15, 0.2) is 27.6 Å². The molecule has 1 amide bonds. The van der Waals surface area contributed by atoms with Crippen molar-refractivity contribution >= 4 is 31.9 Å². The molecule has 1 aliphatic carbocycles. The van der Waals surface area contributed by atoms with Crippen molar-refractivity contribution in [2.45, 2.75) is 44.0 Å². The second-order valence-corrected chi connectivity index (χ2v) is 8.65. The number of nitrogens with one attached hydrogen (secondary N) is 1. The van der Waals surface area contributed by atoms with Crippen LogP contribution in [0.5, 0.6) is 0 Å². The van der Waals surface area contributed by atoms with Gasteiger partial charge in [0.15, 0.2) is 0 Å². The van der Waals surface area contributed by atoms with Crippen LogP contribution in [0.3, 0.4) is 0 Å². The number of rotatable bonds is 3. The Bertz CT molecular complexity index is 671. The first-order valence-electron chi connectivity index (χ1n) is 6.72. The number of hydrogen-bond donors (Lipinski definition) is 2. The average Bonchev–Trinajstić information content (AvgIpc) is 2.67. The van der Waals surface area contributed by atoms with Gasteiger partial charge in [-0.1, -0.05) is 13.8 Å². The van der Waals surface area contributed by atoms with Gasteiger partial charge in [-0.2, -0.15) is 0 Å². The van der Waals surface area contributed by atoms with Crippen LogP contribution < -0.4 is 10.5 Å². The van der Waals surface area contributed by atoms with Crippen molar-refractivity contribution in [3.63, 3.8) is 0 Å². The molecule has 3 N–H and O–H groups in total. The quantitative estimate of drug-likeness (QED) is 0.850. The van der Waals surface area contributed by atoms with E-state index < -0.39 is 10.0 Å². The zero-order chi connectivity index (χ0) is 15.8. The van der Waals surface area contributed by atoms with Crippen LogP contribution in [0.1, 0.15) is 43.5 Å². The van der Waals surface area contributed by atoms with E-state index >= 15 is 0 Å². The summed E-state index contributed by atoms with van der Waals surface area (Å²) in [7, 11) is -3.86. The minimum atomic E-state index is -3.86. The van der Waals surface area contributed by atoms with Crippen LogP contribution in [0.25, 0.3) is 0 Å². The minimum absolute atomic E-state index is 0.0816. The van der Waals surface area contributed by atoms with Gasteiger partial charge in [0.25, 0.3) is 5.91 Å². The molecule has 1 atom stereocenters. The molecule has 0 bridgehead atoms. The van der Waals surface area contributed by atoms with Gasteiger partial charge < -0.3 is 5.32 Å². The summed E-state index contributed by atoms with van der Waals surface area (Å²) in [5.74, 6) is -0.268. The third kappa shape index (κ3) is 4.05. The number of halogens is 1. The zero-order valence-corrected chi connectivity index (χ0v) is 14.4. The lowest BCUT2D eigenvalue weighted by Gasteiger charge is -2.18. The van der Waals surface area contributed by atoms with Crippen LogP contribution in [0, 0.1) is 5.41 Å². The van der Waals surface area contributed by atoms with Gasteiger partial charge >= 0.3 is 0 Å². The summed E-state index contributed by atoms with van der Waals surface area (Å²) in [5, 5.41) is 8.10. The first-order chi connectivity index (χ1) is 9.58. The Hall–Kier alpha value is -0.920. The molecule has 1 aliphatic rings. The maximum Gasteiger partial charge on any atom is 0.251 e. The Morgan fingerprint density at radius 2 is 2.10 bits per heavy atom. The smallest absolute Gasteiger partial charge is 0.251 e. The normalized spacial score (nSPS) is 21.2. The molecule has 0 saturated heterocycles. The number of primary sulfonamides is 1. The topological polar surface area (TPSA) is 89.3 Å². The molecule has 1 fully saturated rings. The molecule has 0 aliphatic heterocycles. The maximum atomic E-state index is 12.2. The Balaban J connectivity index is 2.17. The third-order valence-electron chi connectivity index (χ3n) is 3.80. The molecule has 0 heterocycles. The van der Waals surface area contributed by atoms with Gasteiger partial charge in [-0.25, -0.2) is 13.6 Å². The van der Waals surface area contributed by atoms with E-state index in [-0.39, 0.29) is 22.3 Å². The van der Waals surface area contributed by atoms with Gasteiger partial charge in [0.05, 0.1) is 4.90 Å². The van der Waals surface area contributed by atoms with Crippen molar-refractivity contribution < 1.29 is 13.2 Å². The minimum Gasteiger partial charge on any atom is -0.349 e. The van der Waals surface area contributed by atoms with E-state index in [1.807, 2.05) is 0 Å². The first-order valence-corrected chi connectivity index (χ1v) is 9.06. The van der Waals surface area contributed by atoms with Crippen LogP contribution in [-0.2, 0) is 10.0 Å². The molecule has 0 spiro atoms. The van der Waals surface area contributed by atoms with Crippen molar-refractivity contribution in [3.05, 3.63) is 28.2 Å². The lowest BCUT2D eigenvalue weighted by molar-refractivity contribution is 0.0936. The number of sulfonamides is 1. The highest BCUT2D eigenvalue weighted by Gasteiger charge is 2.31. The average molecular weight is 375 g/mol. The predicted molar refractivity (Wildman–Crippen MR) is 84.4 cm³/mol. The van der Waals surface area contributed by atoms with E-state index in [4.69, 9.17) is 5.14 Å². The zero-order valence-electron chi connectivity index (χ0n) is 12.0. The molecule has 0 radical (unpaired) electrons. The van der Waals surface area contributed by atoms with E-state index in [2.05, 4.69) is 35.1 Å². The summed E-state index contributed by atoms with van der Waals surface area (Å²) in [4.78, 5) is 12.2. The summed E-state index contributed by atoms with van der Waals surface area (Å²) in [6.07, 6.45) is 2.94. The molecule has 1 aromatic rings. The van der Waals surface area contributed by atoms with Gasteiger partial charge in [0.1, 0.15) is 0 Å². The molecular formula is C14H19BrN2O3S. The van der Waals surface area contributed by atoms with E-state index in [0.29, 0.717) is 10.0 Å². The van der Waals surface area contributed by atoms with Crippen molar-refractivity contribution in [2.24, 2.45) is 10.6 Å². The van der Waals surface area contributed by atoms with Crippen molar-refractivity contribution in [3.8, 4) is 0 Å². The Labute approximate surface area is 133 Å². The van der Waals surface area contributed by atoms with E-state index in [1.165, 1.54) is 12.1 Å². The highest BCUT2D eigenvalue weighted by atomic mass is 79.9. The predicted octanol–water partition coefficient (Wildman–Crippen LogP) is 2.41. The highest BCUT2D eigenvalue weighted by Crippen LogP contribution is 2.37. The van der Waals surface area contributed by atoms with Crippen LogP contribution in [0.2, 0.25) is 0 Å². The van der Waals surface area contributed by atoms with Gasteiger partial charge in [-0.15, -0.1) is 0 Å². The van der Waals surface area contributed by atoms with Crippen LogP contribution in [0.4, 0.5) is 0 Å². The fraction of sp³-hybridized carbons (Fsp3) is 0.500. The van der Waals surface area contributed by atoms with Gasteiger partial charge in [-0.3, -0.25) is 4.79 Å². The van der Waals surface area contributed by atoms with E-state index in [0.717, 1.165) is 19.3 Å². The fourth-order valence-corrected chi connectivity index (χ4v) is 4.25. The monoisotopic (exact) mass is 374 g/mol. The van der Waals surface area contributed by atoms with E-state index in [1.54, 1.807) is 6.07 Å². The van der Waals surface area contributed by atoms with Gasteiger partial charge in [-0.05, 0) is 58.8 Å². The van der Waals surface area contributed by atoms with Crippen LogP contribution >= 0.6 is 15.9 Å². The molecule has 1 saturated carbocycles. The molecule has 116 valence electrons. The molecule has 1 aromatic carbocycles. The molecule has 7 heteroatoms. The molecule has 21 heavy (non-hydrogen) atoms. The number of carbonyl (C=O) groups excluding carboxylic acids is 1. The summed E-state index contributed by atoms with van der Waals surface area (Å²) in [6, 6.07) is 4.53. The van der Waals surface area contributed by atoms with E-state index in [9.17, 15) is 13.2 Å². The highest BCUT2D eigenvalue weighted by molar-refractivity contribution is 9.10. The van der Waals surface area contributed by atoms with Crippen LogP contribution in [-0.4, -0.2) is 20.4 Å². The number of hydrogen-bond acceptors (Lipinski definition) is 3. The second kappa shape index (κ2) is 5.70. The fourth-order valence-electron chi connectivity index (χ4n) is 2.69. The molecule has 5 nitrogen and oxygen atoms in total. The summed E-state index contributed by atoms with van der Waals surface area (Å²) in [5.41, 5.74) is 0.538. The second-order valence-electron chi connectivity index (χ2n) is 6.27. The van der Waals surface area contributed by atoms with Gasteiger partial charge in [0, 0.05) is 16.1 Å². The van der Waals surface area contributed by atoms with Crippen molar-refractivity contribution in [2.75, 3.05) is 0 Å². The SMILES string of the molecule is CC1(C)CCC(NC(=O)c2ccc(Br)c(S(N)(=O)=O)c2)C1. The van der Waals surface area contributed by atoms with Gasteiger partial charge in [0.2, 0.25) is 10.0 Å². The molecule has 0 aromatic heterocycles. The Kier molecular flexibility index (Phi) is 4.46.